The molecule has 1 aliphatic rings. The number of carbonyl (C=O) groups excluding carboxylic acids is 1. The summed E-state index contributed by atoms with van der Waals surface area (Å²) in [6, 6.07) is 13.6. The summed E-state index contributed by atoms with van der Waals surface area (Å²) in [6.07, 6.45) is 3.74. The normalized spacial score (nSPS) is 14.9. The summed E-state index contributed by atoms with van der Waals surface area (Å²) in [5.74, 6) is 2.08. The van der Waals surface area contributed by atoms with Gasteiger partial charge in [-0.25, -0.2) is 4.98 Å². The van der Waals surface area contributed by atoms with E-state index in [2.05, 4.69) is 15.2 Å². The van der Waals surface area contributed by atoms with Crippen LogP contribution in [0.3, 0.4) is 0 Å². The number of ether oxygens (including phenoxy) is 1. The lowest BCUT2D eigenvalue weighted by molar-refractivity contribution is 0.0706. The number of fused-ring (bicyclic) bond motifs is 1. The van der Waals surface area contributed by atoms with E-state index in [4.69, 9.17) is 4.74 Å². The predicted molar refractivity (Wildman–Crippen MR) is 115 cm³/mol. The van der Waals surface area contributed by atoms with Gasteiger partial charge in [0.05, 0.1) is 7.11 Å². The minimum Gasteiger partial charge on any atom is -0.497 e. The predicted octanol–water partition coefficient (Wildman–Crippen LogP) is 3.88. The average Bonchev–Trinajstić information content (AvgIpc) is 3.47. The SMILES string of the molecule is COc1ccc(-c2nc(C(=O)N3CCC(c4nnc5ccccn45)CC3)cs2)cc1. The molecular formula is C22H21N5O2S. The van der Waals surface area contributed by atoms with Gasteiger partial charge < -0.3 is 9.64 Å². The third-order valence-corrected chi connectivity index (χ3v) is 6.44. The maximum Gasteiger partial charge on any atom is 0.273 e. The first kappa shape index (κ1) is 18.7. The largest absolute Gasteiger partial charge is 0.497 e. The molecule has 5 rings (SSSR count). The van der Waals surface area contributed by atoms with Gasteiger partial charge in [-0.2, -0.15) is 0 Å². The fourth-order valence-electron chi connectivity index (χ4n) is 3.88. The van der Waals surface area contributed by atoms with Crippen molar-refractivity contribution in [1.82, 2.24) is 24.5 Å². The van der Waals surface area contributed by atoms with E-state index in [1.807, 2.05) is 63.3 Å². The second-order valence-corrected chi connectivity index (χ2v) is 8.18. The van der Waals surface area contributed by atoms with Crippen molar-refractivity contribution in [3.8, 4) is 16.3 Å². The van der Waals surface area contributed by atoms with E-state index in [0.717, 1.165) is 40.6 Å². The van der Waals surface area contributed by atoms with E-state index >= 15 is 0 Å². The molecule has 0 radical (unpaired) electrons. The molecule has 8 heteroatoms. The lowest BCUT2D eigenvalue weighted by atomic mass is 9.96. The first-order chi connectivity index (χ1) is 14.7. The number of thiazole rings is 1. The summed E-state index contributed by atoms with van der Waals surface area (Å²) >= 11 is 1.49. The smallest absolute Gasteiger partial charge is 0.273 e. The van der Waals surface area contributed by atoms with Gasteiger partial charge in [0.25, 0.3) is 5.91 Å². The van der Waals surface area contributed by atoms with Gasteiger partial charge in [-0.05, 0) is 49.2 Å². The topological polar surface area (TPSA) is 72.6 Å². The van der Waals surface area contributed by atoms with Crippen molar-refractivity contribution in [2.75, 3.05) is 20.2 Å². The minimum atomic E-state index is -0.00411. The van der Waals surface area contributed by atoms with Crippen molar-refractivity contribution in [2.24, 2.45) is 0 Å². The Morgan fingerprint density at radius 3 is 2.67 bits per heavy atom. The fraction of sp³-hybridized carbons (Fsp3) is 0.273. The van der Waals surface area contributed by atoms with Crippen molar-refractivity contribution in [1.29, 1.82) is 0 Å². The number of hydrogen-bond donors (Lipinski definition) is 0. The highest BCUT2D eigenvalue weighted by Gasteiger charge is 2.28. The number of carbonyl (C=O) groups is 1. The average molecular weight is 420 g/mol. The highest BCUT2D eigenvalue weighted by Crippen LogP contribution is 2.29. The zero-order valence-electron chi connectivity index (χ0n) is 16.6. The molecule has 3 aromatic heterocycles. The highest BCUT2D eigenvalue weighted by atomic mass is 32.1. The van der Waals surface area contributed by atoms with Gasteiger partial charge in [-0.3, -0.25) is 9.20 Å². The van der Waals surface area contributed by atoms with Crippen molar-refractivity contribution >= 4 is 22.9 Å². The van der Waals surface area contributed by atoms with Crippen molar-refractivity contribution in [3.63, 3.8) is 0 Å². The zero-order valence-corrected chi connectivity index (χ0v) is 17.4. The second-order valence-electron chi connectivity index (χ2n) is 7.32. The number of benzene rings is 1. The molecule has 4 aromatic rings. The van der Waals surface area contributed by atoms with Crippen LogP contribution in [0.25, 0.3) is 16.2 Å². The summed E-state index contributed by atoms with van der Waals surface area (Å²) in [4.78, 5) is 19.4. The van der Waals surface area contributed by atoms with Crippen LogP contribution in [0.2, 0.25) is 0 Å². The molecule has 1 fully saturated rings. The Morgan fingerprint density at radius 2 is 1.90 bits per heavy atom. The van der Waals surface area contributed by atoms with E-state index in [-0.39, 0.29) is 5.91 Å². The first-order valence-corrected chi connectivity index (χ1v) is 10.8. The Morgan fingerprint density at radius 1 is 1.10 bits per heavy atom. The molecule has 30 heavy (non-hydrogen) atoms. The number of likely N-dealkylation sites (tertiary alicyclic amines) is 1. The molecule has 0 atom stereocenters. The van der Waals surface area contributed by atoms with Crippen LogP contribution in [-0.2, 0) is 0 Å². The second kappa shape index (κ2) is 7.87. The number of aromatic nitrogens is 4. The Balaban J connectivity index is 1.26. The molecule has 0 bridgehead atoms. The van der Waals surface area contributed by atoms with Crippen LogP contribution < -0.4 is 4.74 Å². The van der Waals surface area contributed by atoms with Crippen LogP contribution >= 0.6 is 11.3 Å². The Bertz CT molecular complexity index is 1180. The molecule has 0 aliphatic carbocycles. The van der Waals surface area contributed by atoms with E-state index in [0.29, 0.717) is 24.7 Å². The lowest BCUT2D eigenvalue weighted by Crippen LogP contribution is -2.38. The first-order valence-electron chi connectivity index (χ1n) is 9.92. The quantitative estimate of drug-likeness (QED) is 0.502. The van der Waals surface area contributed by atoms with Crippen molar-refractivity contribution < 1.29 is 9.53 Å². The summed E-state index contributed by atoms with van der Waals surface area (Å²) in [5, 5.41) is 11.3. The molecule has 152 valence electrons. The van der Waals surface area contributed by atoms with Gasteiger partial charge in [-0.1, -0.05) is 6.07 Å². The van der Waals surface area contributed by atoms with Gasteiger partial charge in [0.1, 0.15) is 22.3 Å². The molecule has 1 aromatic carbocycles. The monoisotopic (exact) mass is 419 g/mol. The number of nitrogens with zero attached hydrogens (tertiary/aromatic N) is 5. The maximum absolute atomic E-state index is 13.0. The molecule has 7 nitrogen and oxygen atoms in total. The third kappa shape index (κ3) is 3.43. The van der Waals surface area contributed by atoms with E-state index in [1.54, 1.807) is 7.11 Å². The van der Waals surface area contributed by atoms with Crippen molar-refractivity contribution in [3.05, 3.63) is 65.6 Å². The van der Waals surface area contributed by atoms with E-state index < -0.39 is 0 Å². The summed E-state index contributed by atoms with van der Waals surface area (Å²) < 4.78 is 7.24. The van der Waals surface area contributed by atoms with E-state index in [9.17, 15) is 4.79 Å². The molecule has 1 amide bonds. The molecular weight excluding hydrogens is 398 g/mol. The fourth-order valence-corrected chi connectivity index (χ4v) is 4.68. The summed E-state index contributed by atoms with van der Waals surface area (Å²) in [7, 11) is 1.64. The van der Waals surface area contributed by atoms with Gasteiger partial charge in [-0.15, -0.1) is 21.5 Å². The standard InChI is InChI=1S/C22H21N5O2S/c1-29-17-7-5-16(6-8-17)21-23-18(14-30-21)22(28)26-12-9-15(10-13-26)20-25-24-19-4-2-3-11-27(19)20/h2-8,11,14-15H,9-10,12-13H2,1H3. The van der Waals surface area contributed by atoms with Crippen LogP contribution in [-0.4, -0.2) is 50.6 Å². The lowest BCUT2D eigenvalue weighted by Gasteiger charge is -2.30. The third-order valence-electron chi connectivity index (χ3n) is 5.55. The minimum absolute atomic E-state index is 0.00411. The molecule has 0 unspecified atom stereocenters. The number of hydrogen-bond acceptors (Lipinski definition) is 6. The van der Waals surface area contributed by atoms with Gasteiger partial charge >= 0.3 is 0 Å². The molecule has 0 spiro atoms. The van der Waals surface area contributed by atoms with Crippen LogP contribution in [0, 0.1) is 0 Å². The van der Waals surface area contributed by atoms with Crippen LogP contribution in [0.5, 0.6) is 5.75 Å². The van der Waals surface area contributed by atoms with E-state index in [1.165, 1.54) is 11.3 Å². The zero-order chi connectivity index (χ0) is 20.5. The molecule has 1 aliphatic heterocycles. The number of piperidine rings is 1. The summed E-state index contributed by atoms with van der Waals surface area (Å²) in [6.45, 7) is 1.39. The van der Waals surface area contributed by atoms with Crippen molar-refractivity contribution in [2.45, 2.75) is 18.8 Å². The van der Waals surface area contributed by atoms with Gasteiger partial charge in [0, 0.05) is 36.1 Å². The number of pyridine rings is 1. The Hall–Kier alpha value is -3.26. The Kier molecular flexibility index (Phi) is 4.92. The number of amides is 1. The molecule has 0 N–H and O–H groups in total. The maximum atomic E-state index is 13.0. The molecule has 0 saturated carbocycles. The van der Waals surface area contributed by atoms with Crippen LogP contribution in [0.1, 0.15) is 35.1 Å². The molecule has 1 saturated heterocycles. The Labute approximate surface area is 178 Å². The summed E-state index contributed by atoms with van der Waals surface area (Å²) in [5.41, 5.74) is 2.36. The highest BCUT2D eigenvalue weighted by molar-refractivity contribution is 7.13. The van der Waals surface area contributed by atoms with Crippen LogP contribution in [0.4, 0.5) is 0 Å². The molecule has 4 heterocycles. The van der Waals surface area contributed by atoms with Gasteiger partial charge in [0.2, 0.25) is 0 Å². The number of methoxy groups -OCH3 is 1. The van der Waals surface area contributed by atoms with Gasteiger partial charge in [0.15, 0.2) is 5.65 Å². The number of rotatable bonds is 4. The van der Waals surface area contributed by atoms with Crippen LogP contribution in [0.15, 0.2) is 54.0 Å².